The van der Waals surface area contributed by atoms with Gasteiger partial charge in [-0.1, -0.05) is 13.3 Å². The summed E-state index contributed by atoms with van der Waals surface area (Å²) in [6, 6.07) is 0. The summed E-state index contributed by atoms with van der Waals surface area (Å²) in [6.45, 7) is 3.47. The van der Waals surface area contributed by atoms with Crippen molar-refractivity contribution in [3.8, 4) is 0 Å². The zero-order chi connectivity index (χ0) is 11.6. The molecule has 0 heterocycles. The second kappa shape index (κ2) is 9.39. The predicted octanol–water partition coefficient (Wildman–Crippen LogP) is 1.35. The predicted molar refractivity (Wildman–Crippen MR) is 62.9 cm³/mol. The average molecular weight is 258 g/mol. The summed E-state index contributed by atoms with van der Waals surface area (Å²) in [6.07, 6.45) is 2.28. The molecule has 0 radical (unpaired) electrons. The fourth-order valence-corrected chi connectivity index (χ4v) is 2.34. The standard InChI is InChI=1S/C9H20ClNO3S/c1-2-3-9-15(12,13)11-6-4-7-14-8-5-10/h11H,2-9H2,1H3. The molecule has 15 heavy (non-hydrogen) atoms. The molecule has 0 aliphatic heterocycles. The lowest BCUT2D eigenvalue weighted by molar-refractivity contribution is 0.147. The second-order valence-corrected chi connectivity index (χ2v) is 5.53. The van der Waals surface area contributed by atoms with E-state index in [0.717, 1.165) is 6.42 Å². The van der Waals surface area contributed by atoms with E-state index in [0.29, 0.717) is 38.5 Å². The van der Waals surface area contributed by atoms with Crippen LogP contribution in [-0.4, -0.2) is 39.8 Å². The molecule has 4 nitrogen and oxygen atoms in total. The number of hydrogen-bond acceptors (Lipinski definition) is 3. The van der Waals surface area contributed by atoms with Crippen molar-refractivity contribution in [2.24, 2.45) is 0 Å². The van der Waals surface area contributed by atoms with E-state index in [1.807, 2.05) is 6.92 Å². The summed E-state index contributed by atoms with van der Waals surface area (Å²) >= 11 is 5.41. The molecule has 0 amide bonds. The summed E-state index contributed by atoms with van der Waals surface area (Å²) in [5.74, 6) is 0.689. The smallest absolute Gasteiger partial charge is 0.211 e. The second-order valence-electron chi connectivity index (χ2n) is 3.22. The van der Waals surface area contributed by atoms with Gasteiger partial charge in [-0.3, -0.25) is 0 Å². The van der Waals surface area contributed by atoms with Crippen molar-refractivity contribution in [1.82, 2.24) is 4.72 Å². The summed E-state index contributed by atoms with van der Waals surface area (Å²) in [4.78, 5) is 0. The first-order valence-corrected chi connectivity index (χ1v) is 7.42. The van der Waals surface area contributed by atoms with Crippen molar-refractivity contribution < 1.29 is 13.2 Å². The molecule has 0 spiro atoms. The van der Waals surface area contributed by atoms with Crippen molar-refractivity contribution >= 4 is 21.6 Å². The Bertz CT molecular complexity index is 232. The number of halogens is 1. The quantitative estimate of drug-likeness (QED) is 0.475. The third-order valence-electron chi connectivity index (χ3n) is 1.78. The first-order valence-electron chi connectivity index (χ1n) is 5.23. The van der Waals surface area contributed by atoms with Gasteiger partial charge >= 0.3 is 0 Å². The highest BCUT2D eigenvalue weighted by Gasteiger charge is 2.07. The Morgan fingerprint density at radius 2 is 2.00 bits per heavy atom. The lowest BCUT2D eigenvalue weighted by Gasteiger charge is -2.05. The molecule has 0 aliphatic carbocycles. The maximum atomic E-state index is 11.3. The number of unbranched alkanes of at least 4 members (excludes halogenated alkanes) is 1. The molecular weight excluding hydrogens is 238 g/mol. The SMILES string of the molecule is CCCCS(=O)(=O)NCCCOCCCl. The minimum absolute atomic E-state index is 0.214. The Kier molecular flexibility index (Phi) is 9.49. The summed E-state index contributed by atoms with van der Waals surface area (Å²) in [7, 11) is -3.07. The van der Waals surface area contributed by atoms with E-state index in [4.69, 9.17) is 16.3 Å². The van der Waals surface area contributed by atoms with Gasteiger partial charge in [0.25, 0.3) is 0 Å². The van der Waals surface area contributed by atoms with Crippen molar-refractivity contribution in [3.63, 3.8) is 0 Å². The van der Waals surface area contributed by atoms with Crippen LogP contribution in [0.25, 0.3) is 0 Å². The molecule has 1 N–H and O–H groups in total. The van der Waals surface area contributed by atoms with Crippen molar-refractivity contribution in [1.29, 1.82) is 0 Å². The molecule has 0 aliphatic rings. The Morgan fingerprint density at radius 1 is 1.27 bits per heavy atom. The topological polar surface area (TPSA) is 55.4 Å². The van der Waals surface area contributed by atoms with E-state index >= 15 is 0 Å². The average Bonchev–Trinajstić information content (AvgIpc) is 2.20. The monoisotopic (exact) mass is 257 g/mol. The first kappa shape index (κ1) is 15.2. The maximum Gasteiger partial charge on any atom is 0.211 e. The molecule has 6 heteroatoms. The molecule has 0 fully saturated rings. The maximum absolute atomic E-state index is 11.3. The third-order valence-corrected chi connectivity index (χ3v) is 3.40. The Hall–Kier alpha value is 0.160. The van der Waals surface area contributed by atoms with Gasteiger partial charge < -0.3 is 4.74 Å². The third kappa shape index (κ3) is 10.4. The van der Waals surface area contributed by atoms with Gasteiger partial charge in [-0.25, -0.2) is 13.1 Å². The number of ether oxygens (including phenoxy) is 1. The summed E-state index contributed by atoms with van der Waals surface area (Å²) in [5.41, 5.74) is 0. The van der Waals surface area contributed by atoms with Crippen LogP contribution in [0.4, 0.5) is 0 Å². The van der Waals surface area contributed by atoms with E-state index in [9.17, 15) is 8.42 Å². The molecule has 0 bridgehead atoms. The van der Waals surface area contributed by atoms with E-state index in [1.165, 1.54) is 0 Å². The van der Waals surface area contributed by atoms with Gasteiger partial charge in [0.05, 0.1) is 12.4 Å². The molecule has 0 unspecified atom stereocenters. The molecule has 0 saturated carbocycles. The van der Waals surface area contributed by atoms with E-state index < -0.39 is 10.0 Å². The lowest BCUT2D eigenvalue weighted by atomic mass is 10.4. The highest BCUT2D eigenvalue weighted by molar-refractivity contribution is 7.89. The zero-order valence-corrected chi connectivity index (χ0v) is 10.7. The number of nitrogens with one attached hydrogen (secondary N) is 1. The molecule has 0 aromatic heterocycles. The minimum Gasteiger partial charge on any atom is -0.380 e. The fraction of sp³-hybridized carbons (Fsp3) is 1.00. The van der Waals surface area contributed by atoms with Gasteiger partial charge in [0.15, 0.2) is 0 Å². The molecule has 0 saturated heterocycles. The number of alkyl halides is 1. The summed E-state index contributed by atoms with van der Waals surface area (Å²) in [5, 5.41) is 0. The van der Waals surface area contributed by atoms with Crippen LogP contribution in [0.3, 0.4) is 0 Å². The number of hydrogen-bond donors (Lipinski definition) is 1. The van der Waals surface area contributed by atoms with Crippen molar-refractivity contribution in [2.45, 2.75) is 26.2 Å². The van der Waals surface area contributed by atoms with Crippen LogP contribution < -0.4 is 4.72 Å². The minimum atomic E-state index is -3.07. The number of rotatable bonds is 10. The Labute approximate surface area is 97.4 Å². The van der Waals surface area contributed by atoms with Gasteiger partial charge in [0.1, 0.15) is 0 Å². The van der Waals surface area contributed by atoms with E-state index in [-0.39, 0.29) is 5.75 Å². The van der Waals surface area contributed by atoms with Crippen LogP contribution >= 0.6 is 11.6 Å². The van der Waals surface area contributed by atoms with Gasteiger partial charge in [-0.05, 0) is 12.8 Å². The Balaban J connectivity index is 3.41. The Morgan fingerprint density at radius 3 is 2.60 bits per heavy atom. The van der Waals surface area contributed by atoms with Crippen LogP contribution in [0.2, 0.25) is 0 Å². The van der Waals surface area contributed by atoms with Gasteiger partial charge in [-0.2, -0.15) is 0 Å². The largest absolute Gasteiger partial charge is 0.380 e. The van der Waals surface area contributed by atoms with Crippen LogP contribution in [0.1, 0.15) is 26.2 Å². The molecule has 92 valence electrons. The summed E-state index contributed by atoms with van der Waals surface area (Å²) < 4.78 is 30.3. The van der Waals surface area contributed by atoms with Crippen LogP contribution in [0.15, 0.2) is 0 Å². The highest BCUT2D eigenvalue weighted by Crippen LogP contribution is 1.93. The first-order chi connectivity index (χ1) is 7.12. The molecule has 0 atom stereocenters. The lowest BCUT2D eigenvalue weighted by Crippen LogP contribution is -2.28. The van der Waals surface area contributed by atoms with Crippen molar-refractivity contribution in [3.05, 3.63) is 0 Å². The normalized spacial score (nSPS) is 11.9. The van der Waals surface area contributed by atoms with Crippen molar-refractivity contribution in [2.75, 3.05) is 31.4 Å². The van der Waals surface area contributed by atoms with Crippen LogP contribution in [-0.2, 0) is 14.8 Å². The van der Waals surface area contributed by atoms with E-state index in [1.54, 1.807) is 0 Å². The molecule has 0 aromatic carbocycles. The van der Waals surface area contributed by atoms with Crippen LogP contribution in [0.5, 0.6) is 0 Å². The van der Waals surface area contributed by atoms with Gasteiger partial charge in [0, 0.05) is 19.0 Å². The number of sulfonamides is 1. The fourth-order valence-electron chi connectivity index (χ4n) is 0.965. The highest BCUT2D eigenvalue weighted by atomic mass is 35.5. The molecule has 0 rings (SSSR count). The van der Waals surface area contributed by atoms with Gasteiger partial charge in [0.2, 0.25) is 10.0 Å². The van der Waals surface area contributed by atoms with Gasteiger partial charge in [-0.15, -0.1) is 11.6 Å². The zero-order valence-electron chi connectivity index (χ0n) is 9.17. The molecular formula is C9H20ClNO3S. The molecule has 0 aromatic rings. The van der Waals surface area contributed by atoms with Crippen LogP contribution in [0, 0.1) is 0 Å². The van der Waals surface area contributed by atoms with E-state index in [2.05, 4.69) is 4.72 Å².